The van der Waals surface area contributed by atoms with Gasteiger partial charge in [-0.05, 0) is 43.0 Å². The van der Waals surface area contributed by atoms with E-state index >= 15 is 0 Å². The van der Waals surface area contributed by atoms with E-state index in [1.165, 1.54) is 5.57 Å². The Morgan fingerprint density at radius 3 is 2.41 bits per heavy atom. The SMILES string of the molecule is C[C@H](NC(=O)C1CCCC1)C(=O)N1CC=C(c2ccc(Cl)cc2)C(C)(C)C1. The summed E-state index contributed by atoms with van der Waals surface area (Å²) in [5.74, 6) is 0.0947. The molecule has 0 radical (unpaired) electrons. The van der Waals surface area contributed by atoms with Crippen molar-refractivity contribution >= 4 is 29.0 Å². The van der Waals surface area contributed by atoms with E-state index in [4.69, 9.17) is 11.6 Å². The van der Waals surface area contributed by atoms with Gasteiger partial charge in [0.25, 0.3) is 0 Å². The third-order valence-electron chi connectivity index (χ3n) is 5.75. The molecule has 1 aromatic carbocycles. The summed E-state index contributed by atoms with van der Waals surface area (Å²) in [7, 11) is 0. The highest BCUT2D eigenvalue weighted by Crippen LogP contribution is 2.38. The van der Waals surface area contributed by atoms with Crippen LogP contribution in [0.15, 0.2) is 30.3 Å². The van der Waals surface area contributed by atoms with Gasteiger partial charge in [-0.1, -0.05) is 56.5 Å². The molecule has 1 heterocycles. The Kier molecular flexibility index (Phi) is 5.95. The average Bonchev–Trinajstić information content (AvgIpc) is 3.16. The summed E-state index contributed by atoms with van der Waals surface area (Å²) in [4.78, 5) is 27.1. The molecule has 0 bridgehead atoms. The first kappa shape index (κ1) is 19.9. The fourth-order valence-corrected chi connectivity index (χ4v) is 4.39. The molecule has 27 heavy (non-hydrogen) atoms. The lowest BCUT2D eigenvalue weighted by molar-refractivity contribution is -0.137. The van der Waals surface area contributed by atoms with Gasteiger partial charge in [0.05, 0.1) is 0 Å². The molecule has 1 fully saturated rings. The van der Waals surface area contributed by atoms with E-state index in [0.29, 0.717) is 13.1 Å². The van der Waals surface area contributed by atoms with E-state index in [2.05, 4.69) is 25.2 Å². The van der Waals surface area contributed by atoms with Crippen LogP contribution in [0.25, 0.3) is 5.57 Å². The lowest BCUT2D eigenvalue weighted by Crippen LogP contribution is -2.51. The van der Waals surface area contributed by atoms with Crippen LogP contribution in [0.3, 0.4) is 0 Å². The molecule has 1 N–H and O–H groups in total. The number of halogens is 1. The van der Waals surface area contributed by atoms with Crippen LogP contribution >= 0.6 is 11.6 Å². The highest BCUT2D eigenvalue weighted by Gasteiger charge is 2.35. The minimum absolute atomic E-state index is 0.0131. The lowest BCUT2D eigenvalue weighted by Gasteiger charge is -2.40. The van der Waals surface area contributed by atoms with Gasteiger partial charge in [0.2, 0.25) is 11.8 Å². The number of rotatable bonds is 4. The standard InChI is InChI=1S/C22H29ClN2O2/c1-15(24-20(26)17-6-4-5-7-17)21(27)25-13-12-19(22(2,3)14-25)16-8-10-18(23)11-9-16/h8-12,15,17H,4-7,13-14H2,1-3H3,(H,24,26)/t15-/m0/s1. The van der Waals surface area contributed by atoms with Gasteiger partial charge in [-0.3, -0.25) is 9.59 Å². The molecular formula is C22H29ClN2O2. The van der Waals surface area contributed by atoms with Crippen LogP contribution in [0.5, 0.6) is 0 Å². The summed E-state index contributed by atoms with van der Waals surface area (Å²) < 4.78 is 0. The largest absolute Gasteiger partial charge is 0.344 e. The predicted octanol–water partition coefficient (Wildman–Crippen LogP) is 4.29. The first-order chi connectivity index (χ1) is 12.8. The van der Waals surface area contributed by atoms with Crippen LogP contribution in [0.4, 0.5) is 0 Å². The van der Waals surface area contributed by atoms with Crippen LogP contribution in [-0.4, -0.2) is 35.8 Å². The van der Waals surface area contributed by atoms with Gasteiger partial charge in [-0.2, -0.15) is 0 Å². The maximum atomic E-state index is 12.9. The molecule has 5 heteroatoms. The van der Waals surface area contributed by atoms with Crippen molar-refractivity contribution in [3.8, 4) is 0 Å². The Hall–Kier alpha value is -1.81. The van der Waals surface area contributed by atoms with Crippen LogP contribution < -0.4 is 5.32 Å². The van der Waals surface area contributed by atoms with Gasteiger partial charge in [-0.15, -0.1) is 0 Å². The monoisotopic (exact) mass is 388 g/mol. The van der Waals surface area contributed by atoms with Crippen LogP contribution in [0, 0.1) is 11.3 Å². The van der Waals surface area contributed by atoms with Crippen molar-refractivity contribution in [3.63, 3.8) is 0 Å². The summed E-state index contributed by atoms with van der Waals surface area (Å²) in [5.41, 5.74) is 2.20. The number of nitrogens with one attached hydrogen (secondary N) is 1. The molecule has 1 aromatic rings. The predicted molar refractivity (Wildman–Crippen MR) is 109 cm³/mol. The Balaban J connectivity index is 1.66. The zero-order valence-corrected chi connectivity index (χ0v) is 17.2. The van der Waals surface area contributed by atoms with E-state index < -0.39 is 6.04 Å². The van der Waals surface area contributed by atoms with Gasteiger partial charge in [0.1, 0.15) is 6.04 Å². The number of hydrogen-bond donors (Lipinski definition) is 1. The van der Waals surface area contributed by atoms with Gasteiger partial charge >= 0.3 is 0 Å². The molecule has 2 aliphatic rings. The van der Waals surface area contributed by atoms with Crippen LogP contribution in [0.1, 0.15) is 52.0 Å². The number of benzene rings is 1. The number of hydrogen-bond acceptors (Lipinski definition) is 2. The van der Waals surface area contributed by atoms with E-state index in [0.717, 1.165) is 36.3 Å². The Labute approximate surface area is 167 Å². The Morgan fingerprint density at radius 2 is 1.81 bits per heavy atom. The highest BCUT2D eigenvalue weighted by atomic mass is 35.5. The lowest BCUT2D eigenvalue weighted by atomic mass is 9.77. The molecule has 4 nitrogen and oxygen atoms in total. The maximum Gasteiger partial charge on any atom is 0.245 e. The topological polar surface area (TPSA) is 49.4 Å². The van der Waals surface area contributed by atoms with Crippen molar-refractivity contribution < 1.29 is 9.59 Å². The van der Waals surface area contributed by atoms with Gasteiger partial charge < -0.3 is 10.2 Å². The average molecular weight is 389 g/mol. The van der Waals surface area contributed by atoms with Crippen molar-refractivity contribution in [1.29, 1.82) is 0 Å². The van der Waals surface area contributed by atoms with E-state index in [1.807, 2.05) is 29.2 Å². The molecule has 0 aromatic heterocycles. The number of amides is 2. The van der Waals surface area contributed by atoms with Crippen LogP contribution in [0.2, 0.25) is 5.02 Å². The summed E-state index contributed by atoms with van der Waals surface area (Å²) >= 11 is 6.00. The Bertz CT molecular complexity index is 733. The second-order valence-electron chi connectivity index (χ2n) is 8.44. The molecule has 2 amide bonds. The van der Waals surface area contributed by atoms with Gasteiger partial charge in [0.15, 0.2) is 0 Å². The Morgan fingerprint density at radius 1 is 1.19 bits per heavy atom. The molecule has 1 saturated carbocycles. The molecule has 0 saturated heterocycles. The minimum Gasteiger partial charge on any atom is -0.344 e. The van der Waals surface area contributed by atoms with Crippen molar-refractivity contribution in [2.75, 3.05) is 13.1 Å². The van der Waals surface area contributed by atoms with Crippen molar-refractivity contribution in [3.05, 3.63) is 40.9 Å². The number of nitrogens with zero attached hydrogens (tertiary/aromatic N) is 1. The highest BCUT2D eigenvalue weighted by molar-refractivity contribution is 6.30. The molecule has 0 spiro atoms. The first-order valence-electron chi connectivity index (χ1n) is 9.84. The zero-order chi connectivity index (χ0) is 19.6. The van der Waals surface area contributed by atoms with Crippen molar-refractivity contribution in [2.24, 2.45) is 11.3 Å². The fourth-order valence-electron chi connectivity index (χ4n) is 4.27. The maximum absolute atomic E-state index is 12.9. The summed E-state index contributed by atoms with van der Waals surface area (Å²) in [5, 5.41) is 3.65. The first-order valence-corrected chi connectivity index (χ1v) is 10.2. The van der Waals surface area contributed by atoms with Crippen molar-refractivity contribution in [2.45, 2.75) is 52.5 Å². The van der Waals surface area contributed by atoms with E-state index in [9.17, 15) is 9.59 Å². The molecule has 1 aliphatic carbocycles. The van der Waals surface area contributed by atoms with E-state index in [-0.39, 0.29) is 23.1 Å². The quantitative estimate of drug-likeness (QED) is 0.836. The van der Waals surface area contributed by atoms with Gasteiger partial charge in [0, 0.05) is 29.4 Å². The molecule has 146 valence electrons. The summed E-state index contributed by atoms with van der Waals surface area (Å²) in [6.45, 7) is 7.28. The smallest absolute Gasteiger partial charge is 0.245 e. The fraction of sp³-hybridized carbons (Fsp3) is 0.545. The molecular weight excluding hydrogens is 360 g/mol. The summed E-state index contributed by atoms with van der Waals surface area (Å²) in [6, 6.07) is 7.35. The van der Waals surface area contributed by atoms with E-state index in [1.54, 1.807) is 6.92 Å². The zero-order valence-electron chi connectivity index (χ0n) is 16.4. The third-order valence-corrected chi connectivity index (χ3v) is 6.01. The molecule has 1 atom stereocenters. The van der Waals surface area contributed by atoms with Crippen molar-refractivity contribution in [1.82, 2.24) is 10.2 Å². The molecule has 1 aliphatic heterocycles. The minimum atomic E-state index is -0.487. The van der Waals surface area contributed by atoms with Crippen LogP contribution in [-0.2, 0) is 9.59 Å². The molecule has 3 rings (SSSR count). The molecule has 0 unspecified atom stereocenters. The third kappa shape index (κ3) is 4.55. The second-order valence-corrected chi connectivity index (χ2v) is 8.88. The summed E-state index contributed by atoms with van der Waals surface area (Å²) in [6.07, 6.45) is 6.22. The number of carbonyl (C=O) groups excluding carboxylic acids is 2. The normalized spacial score (nSPS) is 20.9. The van der Waals surface area contributed by atoms with Gasteiger partial charge in [-0.25, -0.2) is 0 Å². The number of carbonyl (C=O) groups is 2. The second kappa shape index (κ2) is 8.05.